The molecule has 80 valence electrons. The summed E-state index contributed by atoms with van der Waals surface area (Å²) in [5.74, 6) is -0.329. The zero-order valence-electron chi connectivity index (χ0n) is 9.35. The molecule has 1 rings (SSSR count). The molecule has 0 N–H and O–H groups in total. The highest BCUT2D eigenvalue weighted by molar-refractivity contribution is 5.90. The second kappa shape index (κ2) is 3.37. The van der Waals surface area contributed by atoms with Gasteiger partial charge in [-0.25, -0.2) is 0 Å². The Hall–Kier alpha value is -0.860. The van der Waals surface area contributed by atoms with Crippen LogP contribution >= 0.6 is 0 Å². The molecule has 1 fully saturated rings. The standard InChI is InChI=1S/C11H18O3/c1-8(12)14-11(4)6-5-10(2,3)7-9(11)13/h5-7H2,1-4H3/t11-/m1/s1. The van der Waals surface area contributed by atoms with Gasteiger partial charge in [-0.1, -0.05) is 13.8 Å². The Kier molecular flexibility index (Phi) is 2.70. The summed E-state index contributed by atoms with van der Waals surface area (Å²) >= 11 is 0. The Balaban J connectivity index is 2.74. The topological polar surface area (TPSA) is 43.4 Å². The van der Waals surface area contributed by atoms with Gasteiger partial charge < -0.3 is 4.74 Å². The van der Waals surface area contributed by atoms with Crippen LogP contribution in [-0.2, 0) is 14.3 Å². The lowest BCUT2D eigenvalue weighted by Gasteiger charge is -2.39. The molecule has 0 aromatic rings. The van der Waals surface area contributed by atoms with Gasteiger partial charge in [-0.3, -0.25) is 9.59 Å². The molecule has 1 saturated carbocycles. The van der Waals surface area contributed by atoms with Crippen molar-refractivity contribution in [1.29, 1.82) is 0 Å². The first-order valence-electron chi connectivity index (χ1n) is 4.98. The van der Waals surface area contributed by atoms with Gasteiger partial charge in [0.15, 0.2) is 11.4 Å². The van der Waals surface area contributed by atoms with E-state index in [4.69, 9.17) is 4.74 Å². The third-order valence-corrected chi connectivity index (χ3v) is 2.88. The predicted octanol–water partition coefficient (Wildman–Crippen LogP) is 2.09. The molecule has 0 aliphatic heterocycles. The molecule has 0 aromatic carbocycles. The number of ketones is 1. The van der Waals surface area contributed by atoms with E-state index in [2.05, 4.69) is 13.8 Å². The van der Waals surface area contributed by atoms with Gasteiger partial charge in [0.2, 0.25) is 0 Å². The second-order valence-corrected chi connectivity index (χ2v) is 5.09. The lowest BCUT2D eigenvalue weighted by Crippen LogP contribution is -2.46. The van der Waals surface area contributed by atoms with Crippen molar-refractivity contribution < 1.29 is 14.3 Å². The highest BCUT2D eigenvalue weighted by atomic mass is 16.6. The van der Waals surface area contributed by atoms with Crippen LogP contribution in [0.2, 0.25) is 0 Å². The molecular formula is C11H18O3. The molecule has 3 nitrogen and oxygen atoms in total. The Bertz CT molecular complexity index is 268. The number of esters is 1. The first kappa shape index (κ1) is 11.2. The quantitative estimate of drug-likeness (QED) is 0.606. The van der Waals surface area contributed by atoms with Crippen LogP contribution in [0.1, 0.15) is 47.0 Å². The minimum Gasteiger partial charge on any atom is -0.452 e. The summed E-state index contributed by atoms with van der Waals surface area (Å²) in [6.45, 7) is 7.20. The summed E-state index contributed by atoms with van der Waals surface area (Å²) in [5.41, 5.74) is -0.821. The van der Waals surface area contributed by atoms with Gasteiger partial charge in [0, 0.05) is 13.3 Å². The van der Waals surface area contributed by atoms with Crippen LogP contribution in [0.3, 0.4) is 0 Å². The average Bonchev–Trinajstić information content (AvgIpc) is 1.97. The van der Waals surface area contributed by atoms with Gasteiger partial charge in [0.25, 0.3) is 0 Å². The van der Waals surface area contributed by atoms with Gasteiger partial charge in [0.05, 0.1) is 0 Å². The monoisotopic (exact) mass is 198 g/mol. The first-order chi connectivity index (χ1) is 6.25. The fraction of sp³-hybridized carbons (Fsp3) is 0.818. The molecule has 0 unspecified atom stereocenters. The number of hydrogen-bond donors (Lipinski definition) is 0. The number of ether oxygens (including phenoxy) is 1. The van der Waals surface area contributed by atoms with Gasteiger partial charge in [0.1, 0.15) is 0 Å². The van der Waals surface area contributed by atoms with Crippen molar-refractivity contribution in [3.63, 3.8) is 0 Å². The van der Waals surface area contributed by atoms with Crippen molar-refractivity contribution in [3.8, 4) is 0 Å². The Morgan fingerprint density at radius 3 is 2.29 bits per heavy atom. The second-order valence-electron chi connectivity index (χ2n) is 5.09. The van der Waals surface area contributed by atoms with Gasteiger partial charge in [-0.2, -0.15) is 0 Å². The molecule has 0 saturated heterocycles. The van der Waals surface area contributed by atoms with Gasteiger partial charge in [-0.05, 0) is 25.2 Å². The molecule has 1 atom stereocenters. The zero-order valence-corrected chi connectivity index (χ0v) is 9.35. The Labute approximate surface area is 84.8 Å². The van der Waals surface area contributed by atoms with Crippen molar-refractivity contribution >= 4 is 11.8 Å². The minimum atomic E-state index is -0.874. The van der Waals surface area contributed by atoms with E-state index in [9.17, 15) is 9.59 Å². The largest absolute Gasteiger partial charge is 0.452 e. The van der Waals surface area contributed by atoms with Gasteiger partial charge in [-0.15, -0.1) is 0 Å². The maximum Gasteiger partial charge on any atom is 0.303 e. The number of rotatable bonds is 1. The van der Waals surface area contributed by atoms with Gasteiger partial charge >= 0.3 is 5.97 Å². The molecule has 0 spiro atoms. The van der Waals surface area contributed by atoms with Crippen LogP contribution in [0, 0.1) is 5.41 Å². The third-order valence-electron chi connectivity index (χ3n) is 2.88. The first-order valence-corrected chi connectivity index (χ1v) is 4.98. The molecule has 0 amide bonds. The highest BCUT2D eigenvalue weighted by Crippen LogP contribution is 2.39. The Morgan fingerprint density at radius 2 is 1.86 bits per heavy atom. The van der Waals surface area contributed by atoms with E-state index in [1.807, 2.05) is 0 Å². The fourth-order valence-corrected chi connectivity index (χ4v) is 1.85. The molecule has 3 heteroatoms. The van der Waals surface area contributed by atoms with Crippen molar-refractivity contribution in [1.82, 2.24) is 0 Å². The van der Waals surface area contributed by atoms with E-state index in [1.54, 1.807) is 6.92 Å². The number of carbonyl (C=O) groups is 2. The average molecular weight is 198 g/mol. The van der Waals surface area contributed by atoms with Crippen LogP contribution in [-0.4, -0.2) is 17.4 Å². The molecule has 0 aromatic heterocycles. The lowest BCUT2D eigenvalue weighted by atomic mass is 9.71. The molecule has 0 radical (unpaired) electrons. The lowest BCUT2D eigenvalue weighted by molar-refractivity contribution is -0.169. The van der Waals surface area contributed by atoms with E-state index in [0.29, 0.717) is 12.8 Å². The molecule has 14 heavy (non-hydrogen) atoms. The highest BCUT2D eigenvalue weighted by Gasteiger charge is 2.44. The maximum atomic E-state index is 11.8. The SMILES string of the molecule is CC(=O)O[C@]1(C)CCC(C)(C)CC1=O. The normalized spacial score (nSPS) is 31.3. The summed E-state index contributed by atoms with van der Waals surface area (Å²) < 4.78 is 5.10. The van der Waals surface area contributed by atoms with Crippen LogP contribution in [0.25, 0.3) is 0 Å². The van der Waals surface area contributed by atoms with Crippen molar-refractivity contribution in [2.75, 3.05) is 0 Å². The van der Waals surface area contributed by atoms with Crippen molar-refractivity contribution in [3.05, 3.63) is 0 Å². The zero-order chi connectivity index (χ0) is 11.0. The number of carbonyl (C=O) groups excluding carboxylic acids is 2. The molecular weight excluding hydrogens is 180 g/mol. The van der Waals surface area contributed by atoms with Crippen LogP contribution in [0.5, 0.6) is 0 Å². The van der Waals surface area contributed by atoms with E-state index in [1.165, 1.54) is 6.92 Å². The van der Waals surface area contributed by atoms with E-state index in [0.717, 1.165) is 6.42 Å². The summed E-state index contributed by atoms with van der Waals surface area (Å²) in [5, 5.41) is 0. The molecule has 0 bridgehead atoms. The molecule has 0 heterocycles. The van der Waals surface area contributed by atoms with E-state index < -0.39 is 5.60 Å². The van der Waals surface area contributed by atoms with Crippen molar-refractivity contribution in [2.24, 2.45) is 5.41 Å². The number of Topliss-reactive ketones (excluding diaryl/α,β-unsaturated/α-hetero) is 1. The Morgan fingerprint density at radius 1 is 1.29 bits per heavy atom. The van der Waals surface area contributed by atoms with Crippen LogP contribution < -0.4 is 0 Å². The minimum absolute atomic E-state index is 0.0453. The van der Waals surface area contributed by atoms with Crippen LogP contribution in [0.15, 0.2) is 0 Å². The summed E-state index contributed by atoms with van der Waals surface area (Å²) in [4.78, 5) is 22.6. The van der Waals surface area contributed by atoms with Crippen LogP contribution in [0.4, 0.5) is 0 Å². The number of hydrogen-bond acceptors (Lipinski definition) is 3. The third kappa shape index (κ3) is 2.34. The smallest absolute Gasteiger partial charge is 0.303 e. The predicted molar refractivity (Wildman–Crippen MR) is 52.8 cm³/mol. The summed E-state index contributed by atoms with van der Waals surface area (Å²) in [7, 11) is 0. The van der Waals surface area contributed by atoms with Crippen molar-refractivity contribution in [2.45, 2.75) is 52.6 Å². The fourth-order valence-electron chi connectivity index (χ4n) is 1.85. The summed E-state index contributed by atoms with van der Waals surface area (Å²) in [6.07, 6.45) is 2.05. The molecule has 1 aliphatic carbocycles. The maximum absolute atomic E-state index is 11.8. The van der Waals surface area contributed by atoms with E-state index in [-0.39, 0.29) is 17.2 Å². The van der Waals surface area contributed by atoms with E-state index >= 15 is 0 Å². The summed E-state index contributed by atoms with van der Waals surface area (Å²) in [6, 6.07) is 0. The molecule has 1 aliphatic rings.